The zero-order valence-electron chi connectivity index (χ0n) is 13.1. The van der Waals surface area contributed by atoms with Crippen LogP contribution in [0.3, 0.4) is 0 Å². The second kappa shape index (κ2) is 8.53. The van der Waals surface area contributed by atoms with Gasteiger partial charge in [-0.15, -0.1) is 0 Å². The molecule has 2 aromatic rings. The number of hydrogen-bond donors (Lipinski definition) is 1. The van der Waals surface area contributed by atoms with Gasteiger partial charge in [0.15, 0.2) is 11.5 Å². The van der Waals surface area contributed by atoms with Crippen LogP contribution in [0.1, 0.15) is 23.0 Å². The molecular weight excluding hydrogens is 360 g/mol. The number of nitrogens with one attached hydrogen (secondary N) is 1. The van der Waals surface area contributed by atoms with Gasteiger partial charge >= 0.3 is 0 Å². The molecule has 0 bridgehead atoms. The van der Waals surface area contributed by atoms with Crippen molar-refractivity contribution in [2.75, 3.05) is 20.3 Å². The standard InChI is InChI=1S/C17H19BrN2O3/c1-3-23-16-14(18)10-12(11-15(16)22-2)17(21)20-9-7-13-6-4-5-8-19-13/h4-6,8,10-11H,3,7,9H2,1-2H3,(H,20,21). The van der Waals surface area contributed by atoms with Gasteiger partial charge in [0.1, 0.15) is 0 Å². The van der Waals surface area contributed by atoms with E-state index in [0.29, 0.717) is 41.1 Å². The fourth-order valence-electron chi connectivity index (χ4n) is 2.09. The number of carbonyl (C=O) groups excluding carboxylic acids is 1. The average molecular weight is 379 g/mol. The van der Waals surface area contributed by atoms with Crippen LogP contribution in [0.5, 0.6) is 11.5 Å². The van der Waals surface area contributed by atoms with E-state index in [1.807, 2.05) is 25.1 Å². The van der Waals surface area contributed by atoms with Gasteiger partial charge in [0.2, 0.25) is 0 Å². The van der Waals surface area contributed by atoms with Crippen LogP contribution in [-0.4, -0.2) is 31.2 Å². The lowest BCUT2D eigenvalue weighted by atomic mass is 10.2. The van der Waals surface area contributed by atoms with Crippen LogP contribution < -0.4 is 14.8 Å². The third-order valence-corrected chi connectivity index (χ3v) is 3.76. The summed E-state index contributed by atoms with van der Waals surface area (Å²) in [5, 5.41) is 2.88. The number of aromatic nitrogens is 1. The molecular formula is C17H19BrN2O3. The Balaban J connectivity index is 2.03. The zero-order chi connectivity index (χ0) is 16.7. The molecule has 0 fully saturated rings. The Morgan fingerprint density at radius 3 is 2.83 bits per heavy atom. The van der Waals surface area contributed by atoms with E-state index >= 15 is 0 Å². The van der Waals surface area contributed by atoms with Crippen LogP contribution in [0.4, 0.5) is 0 Å². The molecule has 1 aromatic heterocycles. The second-order valence-corrected chi connectivity index (χ2v) is 5.60. The number of pyridine rings is 1. The summed E-state index contributed by atoms with van der Waals surface area (Å²) in [6.07, 6.45) is 2.42. The summed E-state index contributed by atoms with van der Waals surface area (Å²) < 4.78 is 11.5. The maximum atomic E-state index is 12.3. The van der Waals surface area contributed by atoms with Crippen molar-refractivity contribution >= 4 is 21.8 Å². The van der Waals surface area contributed by atoms with Crippen LogP contribution in [0.2, 0.25) is 0 Å². The highest BCUT2D eigenvalue weighted by Gasteiger charge is 2.15. The van der Waals surface area contributed by atoms with Gasteiger partial charge in [-0.2, -0.15) is 0 Å². The number of halogens is 1. The Labute approximate surface area is 144 Å². The first-order chi connectivity index (χ1) is 11.2. The van der Waals surface area contributed by atoms with Crippen LogP contribution in [-0.2, 0) is 6.42 Å². The number of benzene rings is 1. The SMILES string of the molecule is CCOc1c(Br)cc(C(=O)NCCc2ccccn2)cc1OC. The molecule has 0 atom stereocenters. The van der Waals surface area contributed by atoms with E-state index in [1.54, 1.807) is 25.4 Å². The minimum Gasteiger partial charge on any atom is -0.493 e. The third kappa shape index (κ3) is 4.69. The summed E-state index contributed by atoms with van der Waals surface area (Å²) in [6.45, 7) is 2.93. The predicted molar refractivity (Wildman–Crippen MR) is 92.1 cm³/mol. The topological polar surface area (TPSA) is 60.5 Å². The van der Waals surface area contributed by atoms with Crippen LogP contribution in [0.15, 0.2) is 41.0 Å². The summed E-state index contributed by atoms with van der Waals surface area (Å²) in [5.41, 5.74) is 1.46. The minimum atomic E-state index is -0.164. The highest BCUT2D eigenvalue weighted by Crippen LogP contribution is 2.36. The number of carbonyl (C=O) groups is 1. The molecule has 1 amide bonds. The van der Waals surface area contributed by atoms with Gasteiger partial charge in [-0.3, -0.25) is 9.78 Å². The van der Waals surface area contributed by atoms with Crippen molar-refractivity contribution in [1.82, 2.24) is 10.3 Å². The van der Waals surface area contributed by atoms with Gasteiger partial charge in [0.25, 0.3) is 5.91 Å². The van der Waals surface area contributed by atoms with Crippen molar-refractivity contribution in [3.05, 3.63) is 52.3 Å². The first kappa shape index (κ1) is 17.3. The molecule has 1 heterocycles. The normalized spacial score (nSPS) is 10.2. The molecule has 1 aromatic carbocycles. The number of rotatable bonds is 7. The second-order valence-electron chi connectivity index (χ2n) is 4.75. The molecule has 0 unspecified atom stereocenters. The van der Waals surface area contributed by atoms with E-state index in [0.717, 1.165) is 5.69 Å². The van der Waals surface area contributed by atoms with Gasteiger partial charge in [0.05, 0.1) is 18.2 Å². The molecule has 5 nitrogen and oxygen atoms in total. The van der Waals surface area contributed by atoms with E-state index in [2.05, 4.69) is 26.2 Å². The van der Waals surface area contributed by atoms with E-state index in [-0.39, 0.29) is 5.91 Å². The monoisotopic (exact) mass is 378 g/mol. The minimum absolute atomic E-state index is 0.164. The van der Waals surface area contributed by atoms with Gasteiger partial charge in [0, 0.05) is 30.4 Å². The van der Waals surface area contributed by atoms with Gasteiger partial charge in [-0.1, -0.05) is 6.07 Å². The van der Waals surface area contributed by atoms with Crippen LogP contribution >= 0.6 is 15.9 Å². The summed E-state index contributed by atoms with van der Waals surface area (Å²) in [4.78, 5) is 16.5. The molecule has 122 valence electrons. The molecule has 0 aliphatic carbocycles. The zero-order valence-corrected chi connectivity index (χ0v) is 14.7. The van der Waals surface area contributed by atoms with Crippen molar-refractivity contribution in [1.29, 1.82) is 0 Å². The fourth-order valence-corrected chi connectivity index (χ4v) is 2.64. The summed E-state index contributed by atoms with van der Waals surface area (Å²) in [6, 6.07) is 9.13. The molecule has 0 aliphatic rings. The molecule has 0 aliphatic heterocycles. The van der Waals surface area contributed by atoms with Crippen LogP contribution in [0, 0.1) is 0 Å². The number of methoxy groups -OCH3 is 1. The lowest BCUT2D eigenvalue weighted by Gasteiger charge is -2.13. The Bertz CT molecular complexity index is 662. The summed E-state index contributed by atoms with van der Waals surface area (Å²) in [5.74, 6) is 0.958. The van der Waals surface area contributed by atoms with Gasteiger partial charge in [-0.25, -0.2) is 0 Å². The van der Waals surface area contributed by atoms with Gasteiger partial charge < -0.3 is 14.8 Å². The van der Waals surface area contributed by atoms with Crippen molar-refractivity contribution in [2.24, 2.45) is 0 Å². The quantitative estimate of drug-likeness (QED) is 0.803. The molecule has 23 heavy (non-hydrogen) atoms. The fraction of sp³-hybridized carbons (Fsp3) is 0.294. The number of ether oxygens (including phenoxy) is 2. The Morgan fingerprint density at radius 2 is 2.17 bits per heavy atom. The molecule has 1 N–H and O–H groups in total. The van der Waals surface area contributed by atoms with Crippen molar-refractivity contribution in [2.45, 2.75) is 13.3 Å². The lowest BCUT2D eigenvalue weighted by Crippen LogP contribution is -2.26. The maximum Gasteiger partial charge on any atom is 0.251 e. The smallest absolute Gasteiger partial charge is 0.251 e. The largest absolute Gasteiger partial charge is 0.493 e. The van der Waals surface area contributed by atoms with E-state index in [4.69, 9.17) is 9.47 Å². The number of hydrogen-bond acceptors (Lipinski definition) is 4. The predicted octanol–water partition coefficient (Wildman–Crippen LogP) is 3.22. The van der Waals surface area contributed by atoms with Crippen molar-refractivity contribution < 1.29 is 14.3 Å². The molecule has 0 radical (unpaired) electrons. The highest BCUT2D eigenvalue weighted by atomic mass is 79.9. The Hall–Kier alpha value is -2.08. The molecule has 0 saturated heterocycles. The van der Waals surface area contributed by atoms with Crippen LogP contribution in [0.25, 0.3) is 0 Å². The van der Waals surface area contributed by atoms with Crippen molar-refractivity contribution in [3.8, 4) is 11.5 Å². The lowest BCUT2D eigenvalue weighted by molar-refractivity contribution is 0.0953. The Kier molecular flexibility index (Phi) is 6.40. The first-order valence-electron chi connectivity index (χ1n) is 7.34. The summed E-state index contributed by atoms with van der Waals surface area (Å²) >= 11 is 3.42. The number of nitrogens with zero attached hydrogens (tertiary/aromatic N) is 1. The molecule has 6 heteroatoms. The number of amides is 1. The highest BCUT2D eigenvalue weighted by molar-refractivity contribution is 9.10. The molecule has 0 spiro atoms. The van der Waals surface area contributed by atoms with E-state index < -0.39 is 0 Å². The van der Waals surface area contributed by atoms with Crippen molar-refractivity contribution in [3.63, 3.8) is 0 Å². The maximum absolute atomic E-state index is 12.3. The Morgan fingerprint density at radius 1 is 1.35 bits per heavy atom. The average Bonchev–Trinajstić information content (AvgIpc) is 2.57. The first-order valence-corrected chi connectivity index (χ1v) is 8.13. The molecule has 0 saturated carbocycles. The third-order valence-electron chi connectivity index (χ3n) is 3.17. The molecule has 2 rings (SSSR count). The summed E-state index contributed by atoms with van der Waals surface area (Å²) in [7, 11) is 1.55. The van der Waals surface area contributed by atoms with E-state index in [1.165, 1.54) is 0 Å². The van der Waals surface area contributed by atoms with E-state index in [9.17, 15) is 4.79 Å². The van der Waals surface area contributed by atoms with Gasteiger partial charge in [-0.05, 0) is 47.1 Å².